The Morgan fingerprint density at radius 1 is 1.65 bits per heavy atom. The maximum Gasteiger partial charge on any atom is 0.246 e. The third kappa shape index (κ3) is 3.98. The first-order valence-electron chi connectivity index (χ1n) is 5.67. The molecule has 2 N–H and O–H groups in total. The highest BCUT2D eigenvalue weighted by Crippen LogP contribution is 2.22. The highest BCUT2D eigenvalue weighted by Gasteiger charge is 2.24. The Labute approximate surface area is 106 Å². The summed E-state index contributed by atoms with van der Waals surface area (Å²) in [6.45, 7) is 5.68. The fraction of sp³-hybridized carbons (Fsp3) is 0.462. The molecule has 1 amide bonds. The number of allylic oxidation sites excluding steroid dienone is 1. The van der Waals surface area contributed by atoms with Crippen LogP contribution < -0.4 is 5.32 Å². The van der Waals surface area contributed by atoms with Gasteiger partial charge in [-0.05, 0) is 42.7 Å². The minimum Gasteiger partial charge on any atom is -0.384 e. The molecule has 1 aromatic rings. The summed E-state index contributed by atoms with van der Waals surface area (Å²) < 4.78 is 0. The Hall–Kier alpha value is -1.13. The summed E-state index contributed by atoms with van der Waals surface area (Å²) >= 11 is 1.53. The predicted octanol–water partition coefficient (Wildman–Crippen LogP) is 2.43. The van der Waals surface area contributed by atoms with Crippen molar-refractivity contribution in [2.75, 3.05) is 6.54 Å². The van der Waals surface area contributed by atoms with Gasteiger partial charge in [-0.3, -0.25) is 4.79 Å². The summed E-state index contributed by atoms with van der Waals surface area (Å²) in [7, 11) is 0. The fourth-order valence-corrected chi connectivity index (χ4v) is 2.25. The highest BCUT2D eigenvalue weighted by atomic mass is 32.1. The van der Waals surface area contributed by atoms with Gasteiger partial charge in [0, 0.05) is 5.57 Å². The number of hydrogen-bond donors (Lipinski definition) is 2. The molecular weight excluding hydrogens is 234 g/mol. The molecule has 4 heteroatoms. The van der Waals surface area contributed by atoms with E-state index >= 15 is 0 Å². The molecule has 0 saturated heterocycles. The van der Waals surface area contributed by atoms with E-state index in [1.165, 1.54) is 11.3 Å². The fourth-order valence-electron chi connectivity index (χ4n) is 1.46. The molecule has 1 aromatic heterocycles. The van der Waals surface area contributed by atoms with Gasteiger partial charge in [-0.1, -0.05) is 13.0 Å². The van der Waals surface area contributed by atoms with Crippen LogP contribution in [0.25, 0.3) is 0 Å². The molecule has 94 valence electrons. The SMILES string of the molecule is CC/C=C(\C)C(=O)NC[C@@](C)(O)c1ccsc1. The average Bonchev–Trinajstić information content (AvgIpc) is 2.80. The molecule has 0 aliphatic rings. The van der Waals surface area contributed by atoms with Crippen molar-refractivity contribution in [3.8, 4) is 0 Å². The van der Waals surface area contributed by atoms with E-state index < -0.39 is 5.60 Å². The van der Waals surface area contributed by atoms with E-state index in [9.17, 15) is 9.90 Å². The Morgan fingerprint density at radius 2 is 2.35 bits per heavy atom. The van der Waals surface area contributed by atoms with Gasteiger partial charge in [0.2, 0.25) is 5.91 Å². The monoisotopic (exact) mass is 253 g/mol. The van der Waals surface area contributed by atoms with Crippen LogP contribution in [0, 0.1) is 0 Å². The molecule has 1 rings (SSSR count). The van der Waals surface area contributed by atoms with Crippen molar-refractivity contribution < 1.29 is 9.90 Å². The molecule has 0 radical (unpaired) electrons. The van der Waals surface area contributed by atoms with Crippen LogP contribution in [0.3, 0.4) is 0 Å². The number of amides is 1. The molecule has 0 saturated carbocycles. The number of rotatable bonds is 5. The summed E-state index contributed by atoms with van der Waals surface area (Å²) in [4.78, 5) is 11.7. The molecule has 0 aliphatic carbocycles. The summed E-state index contributed by atoms with van der Waals surface area (Å²) in [5.41, 5.74) is 0.510. The second kappa shape index (κ2) is 5.98. The van der Waals surface area contributed by atoms with Crippen molar-refractivity contribution in [3.05, 3.63) is 34.0 Å². The maximum atomic E-state index is 11.7. The van der Waals surface area contributed by atoms with E-state index in [2.05, 4.69) is 5.32 Å². The smallest absolute Gasteiger partial charge is 0.246 e. The van der Waals surface area contributed by atoms with Crippen molar-refractivity contribution in [3.63, 3.8) is 0 Å². The summed E-state index contributed by atoms with van der Waals surface area (Å²) in [5.74, 6) is -0.123. The minimum absolute atomic E-state index is 0.123. The van der Waals surface area contributed by atoms with E-state index in [4.69, 9.17) is 0 Å². The lowest BCUT2D eigenvalue weighted by molar-refractivity contribution is -0.118. The molecule has 1 atom stereocenters. The number of carbonyl (C=O) groups is 1. The van der Waals surface area contributed by atoms with Gasteiger partial charge in [0.25, 0.3) is 0 Å². The van der Waals surface area contributed by atoms with Crippen LogP contribution in [0.2, 0.25) is 0 Å². The van der Waals surface area contributed by atoms with Crippen LogP contribution in [-0.4, -0.2) is 17.6 Å². The number of nitrogens with one attached hydrogen (secondary N) is 1. The summed E-state index contributed by atoms with van der Waals surface area (Å²) in [5, 5.41) is 16.8. The van der Waals surface area contributed by atoms with Crippen LogP contribution in [0.4, 0.5) is 0 Å². The Bertz CT molecular complexity index is 394. The van der Waals surface area contributed by atoms with E-state index in [0.29, 0.717) is 5.57 Å². The van der Waals surface area contributed by atoms with E-state index in [-0.39, 0.29) is 12.5 Å². The topological polar surface area (TPSA) is 49.3 Å². The third-order valence-corrected chi connectivity index (χ3v) is 3.29. The van der Waals surface area contributed by atoms with Crippen LogP contribution >= 0.6 is 11.3 Å². The normalized spacial score (nSPS) is 15.4. The molecule has 0 aliphatic heterocycles. The second-order valence-corrected chi connectivity index (χ2v) is 5.04. The van der Waals surface area contributed by atoms with Gasteiger partial charge in [0.05, 0.1) is 6.54 Å². The van der Waals surface area contributed by atoms with Gasteiger partial charge in [0.15, 0.2) is 0 Å². The lowest BCUT2D eigenvalue weighted by Crippen LogP contribution is -2.38. The number of hydrogen-bond acceptors (Lipinski definition) is 3. The zero-order chi connectivity index (χ0) is 12.9. The van der Waals surface area contributed by atoms with Crippen LogP contribution in [0.1, 0.15) is 32.8 Å². The standard InChI is InChI=1S/C13H19NO2S/c1-4-5-10(2)12(15)14-9-13(3,16)11-6-7-17-8-11/h5-8,16H,4,9H2,1-3H3,(H,14,15)/b10-5+/t13-/m1/s1. The zero-order valence-corrected chi connectivity index (χ0v) is 11.3. The van der Waals surface area contributed by atoms with Gasteiger partial charge in [-0.2, -0.15) is 11.3 Å². The minimum atomic E-state index is -1.01. The molecule has 0 spiro atoms. The van der Waals surface area contributed by atoms with Crippen LogP contribution in [0.15, 0.2) is 28.5 Å². The molecule has 17 heavy (non-hydrogen) atoms. The number of thiophene rings is 1. The summed E-state index contributed by atoms with van der Waals surface area (Å²) in [6, 6.07) is 1.87. The van der Waals surface area contributed by atoms with Gasteiger partial charge >= 0.3 is 0 Å². The van der Waals surface area contributed by atoms with Crippen molar-refractivity contribution in [2.24, 2.45) is 0 Å². The first-order chi connectivity index (χ1) is 7.97. The molecule has 0 fully saturated rings. The number of carbonyl (C=O) groups excluding carboxylic acids is 1. The lowest BCUT2D eigenvalue weighted by Gasteiger charge is -2.22. The largest absolute Gasteiger partial charge is 0.384 e. The third-order valence-electron chi connectivity index (χ3n) is 2.60. The molecule has 0 bridgehead atoms. The van der Waals surface area contributed by atoms with Crippen molar-refractivity contribution >= 4 is 17.2 Å². The van der Waals surface area contributed by atoms with Gasteiger partial charge in [0.1, 0.15) is 5.60 Å². The van der Waals surface area contributed by atoms with Gasteiger partial charge in [-0.25, -0.2) is 0 Å². The zero-order valence-electron chi connectivity index (χ0n) is 10.5. The van der Waals surface area contributed by atoms with Crippen LogP contribution in [0.5, 0.6) is 0 Å². The first-order valence-corrected chi connectivity index (χ1v) is 6.61. The first kappa shape index (κ1) is 13.9. The maximum absolute atomic E-state index is 11.7. The predicted molar refractivity (Wildman–Crippen MR) is 70.9 cm³/mol. The Morgan fingerprint density at radius 3 is 2.88 bits per heavy atom. The van der Waals surface area contributed by atoms with Crippen molar-refractivity contribution in [1.29, 1.82) is 0 Å². The molecule has 1 heterocycles. The quantitative estimate of drug-likeness (QED) is 0.792. The molecular formula is C13H19NO2S. The molecule has 0 aromatic carbocycles. The van der Waals surface area contributed by atoms with Gasteiger partial charge in [-0.15, -0.1) is 0 Å². The Balaban J connectivity index is 2.56. The van der Waals surface area contributed by atoms with Crippen LogP contribution in [-0.2, 0) is 10.4 Å². The highest BCUT2D eigenvalue weighted by molar-refractivity contribution is 7.08. The van der Waals surface area contributed by atoms with E-state index in [1.54, 1.807) is 13.8 Å². The lowest BCUT2D eigenvalue weighted by atomic mass is 9.99. The second-order valence-electron chi connectivity index (χ2n) is 4.26. The van der Waals surface area contributed by atoms with Crippen molar-refractivity contribution in [2.45, 2.75) is 32.8 Å². The molecule has 0 unspecified atom stereocenters. The van der Waals surface area contributed by atoms with Crippen molar-refractivity contribution in [1.82, 2.24) is 5.32 Å². The Kier molecular flexibility index (Phi) is 4.90. The average molecular weight is 253 g/mol. The van der Waals surface area contributed by atoms with E-state index in [0.717, 1.165) is 12.0 Å². The molecule has 3 nitrogen and oxygen atoms in total. The van der Waals surface area contributed by atoms with E-state index in [1.807, 2.05) is 29.8 Å². The van der Waals surface area contributed by atoms with Gasteiger partial charge < -0.3 is 10.4 Å². The number of aliphatic hydroxyl groups is 1. The summed E-state index contributed by atoms with van der Waals surface area (Å²) in [6.07, 6.45) is 2.70.